The number of hydrogen-bond acceptors (Lipinski definition) is 5. The minimum absolute atomic E-state index is 0.00405. The first-order chi connectivity index (χ1) is 13.6. The van der Waals surface area contributed by atoms with Crippen molar-refractivity contribution in [3.05, 3.63) is 11.8 Å². The van der Waals surface area contributed by atoms with E-state index in [-0.39, 0.29) is 35.9 Å². The van der Waals surface area contributed by atoms with Gasteiger partial charge in [0.25, 0.3) is 5.91 Å². The van der Waals surface area contributed by atoms with Crippen LogP contribution in [0.4, 0.5) is 19.0 Å². The number of fused-ring (bicyclic) bond motifs is 1. The molecule has 0 saturated carbocycles. The van der Waals surface area contributed by atoms with Crippen molar-refractivity contribution in [1.29, 1.82) is 0 Å². The van der Waals surface area contributed by atoms with E-state index in [1.807, 2.05) is 20.8 Å². The molecular weight excluding hydrogens is 387 g/mol. The number of rotatable bonds is 6. The van der Waals surface area contributed by atoms with Crippen molar-refractivity contribution in [3.63, 3.8) is 0 Å². The van der Waals surface area contributed by atoms with Crippen molar-refractivity contribution in [2.24, 2.45) is 5.92 Å². The number of anilines is 1. The van der Waals surface area contributed by atoms with Crippen molar-refractivity contribution in [3.8, 4) is 0 Å². The monoisotopic (exact) mass is 417 g/mol. The predicted molar refractivity (Wildman–Crippen MR) is 103 cm³/mol. The Morgan fingerprint density at radius 2 is 2.03 bits per heavy atom. The number of halogens is 3. The fraction of sp³-hybridized carbons (Fsp3) is 0.789. The lowest BCUT2D eigenvalue weighted by atomic mass is 9.94. The molecule has 0 radical (unpaired) electrons. The molecule has 0 aliphatic carbocycles. The van der Waals surface area contributed by atoms with E-state index in [0.29, 0.717) is 13.2 Å². The molecule has 3 rings (SSSR count). The number of morpholine rings is 1. The van der Waals surface area contributed by atoms with Gasteiger partial charge in [0.1, 0.15) is 5.82 Å². The lowest BCUT2D eigenvalue weighted by Crippen LogP contribution is -2.41. The molecule has 164 valence electrons. The average Bonchev–Trinajstić information content (AvgIpc) is 3.09. The Balaban J connectivity index is 1.64. The number of carbonyl (C=O) groups excluding carboxylic acids is 1. The smallest absolute Gasteiger partial charge is 0.379 e. The number of amides is 1. The summed E-state index contributed by atoms with van der Waals surface area (Å²) in [5, 5.41) is 9.94. The Labute approximate surface area is 168 Å². The van der Waals surface area contributed by atoms with Crippen LogP contribution in [0.5, 0.6) is 0 Å². The van der Waals surface area contributed by atoms with Gasteiger partial charge in [0.15, 0.2) is 11.7 Å². The highest BCUT2D eigenvalue weighted by Gasteiger charge is 2.47. The van der Waals surface area contributed by atoms with Gasteiger partial charge in [-0.25, -0.2) is 4.68 Å². The first-order valence-electron chi connectivity index (χ1n) is 10.2. The number of aromatic nitrogens is 2. The van der Waals surface area contributed by atoms with Gasteiger partial charge in [-0.05, 0) is 25.7 Å². The maximum atomic E-state index is 13.6. The Hall–Kier alpha value is -1.81. The summed E-state index contributed by atoms with van der Waals surface area (Å²) in [6.45, 7) is 9.64. The van der Waals surface area contributed by atoms with Crippen LogP contribution in [0.15, 0.2) is 6.07 Å². The number of nitrogens with one attached hydrogen (secondary N) is 2. The van der Waals surface area contributed by atoms with Gasteiger partial charge in [-0.2, -0.15) is 18.3 Å². The summed E-state index contributed by atoms with van der Waals surface area (Å²) in [5.41, 5.74) is 0.00405. The van der Waals surface area contributed by atoms with Crippen molar-refractivity contribution in [2.75, 3.05) is 38.2 Å². The minimum atomic E-state index is -4.42. The molecule has 7 nitrogen and oxygen atoms in total. The summed E-state index contributed by atoms with van der Waals surface area (Å²) in [7, 11) is 0. The van der Waals surface area contributed by atoms with Crippen molar-refractivity contribution in [1.82, 2.24) is 20.0 Å². The molecular formula is C19H30F3N5O2. The zero-order valence-electron chi connectivity index (χ0n) is 17.1. The SMILES string of the molecule is CC(C)[C@@H]1C[C@H](C(F)(F)F)n2nc(C(=O)N[C@H](C)CCN3CCOCC3)cc2N1. The fourth-order valence-electron chi connectivity index (χ4n) is 3.72. The Kier molecular flexibility index (Phi) is 6.72. The molecule has 1 fully saturated rings. The molecule has 10 heteroatoms. The lowest BCUT2D eigenvalue weighted by molar-refractivity contribution is -0.174. The molecule has 2 aliphatic rings. The molecule has 0 unspecified atom stereocenters. The lowest BCUT2D eigenvalue weighted by Gasteiger charge is -2.35. The van der Waals surface area contributed by atoms with Crippen LogP contribution in [0, 0.1) is 5.92 Å². The maximum absolute atomic E-state index is 13.6. The van der Waals surface area contributed by atoms with E-state index in [4.69, 9.17) is 4.74 Å². The molecule has 0 bridgehead atoms. The second kappa shape index (κ2) is 8.91. The van der Waals surface area contributed by atoms with Gasteiger partial charge in [0.2, 0.25) is 0 Å². The highest BCUT2D eigenvalue weighted by atomic mass is 19.4. The number of nitrogens with zero attached hydrogens (tertiary/aromatic N) is 3. The summed E-state index contributed by atoms with van der Waals surface area (Å²) in [6.07, 6.45) is -3.78. The largest absolute Gasteiger partial charge is 0.410 e. The van der Waals surface area contributed by atoms with Gasteiger partial charge in [0.05, 0.1) is 13.2 Å². The van der Waals surface area contributed by atoms with E-state index in [1.165, 1.54) is 6.07 Å². The molecule has 2 N–H and O–H groups in total. The summed E-state index contributed by atoms with van der Waals surface area (Å²) < 4.78 is 46.9. The number of carbonyl (C=O) groups is 1. The highest BCUT2D eigenvalue weighted by molar-refractivity contribution is 5.93. The molecule has 3 heterocycles. The quantitative estimate of drug-likeness (QED) is 0.745. The molecule has 0 aromatic carbocycles. The maximum Gasteiger partial charge on any atom is 0.410 e. The molecule has 1 aromatic heterocycles. The van der Waals surface area contributed by atoms with Gasteiger partial charge in [-0.15, -0.1) is 0 Å². The summed E-state index contributed by atoms with van der Waals surface area (Å²) in [4.78, 5) is 14.8. The van der Waals surface area contributed by atoms with E-state index >= 15 is 0 Å². The molecule has 29 heavy (non-hydrogen) atoms. The fourth-order valence-corrected chi connectivity index (χ4v) is 3.72. The molecule has 1 amide bonds. The number of alkyl halides is 3. The number of ether oxygens (including phenoxy) is 1. The van der Waals surface area contributed by atoms with Crippen molar-refractivity contribution >= 4 is 11.7 Å². The van der Waals surface area contributed by atoms with Gasteiger partial charge in [0, 0.05) is 37.8 Å². The Bertz CT molecular complexity index is 701. The minimum Gasteiger partial charge on any atom is -0.379 e. The van der Waals surface area contributed by atoms with Crippen LogP contribution < -0.4 is 10.6 Å². The van der Waals surface area contributed by atoms with Crippen LogP contribution in [0.2, 0.25) is 0 Å². The highest BCUT2D eigenvalue weighted by Crippen LogP contribution is 2.40. The van der Waals surface area contributed by atoms with Crippen LogP contribution in [0.3, 0.4) is 0 Å². The van der Waals surface area contributed by atoms with E-state index in [0.717, 1.165) is 30.7 Å². The first kappa shape index (κ1) is 21.9. The van der Waals surface area contributed by atoms with Crippen LogP contribution in [0.25, 0.3) is 0 Å². The first-order valence-corrected chi connectivity index (χ1v) is 10.2. The zero-order chi connectivity index (χ0) is 21.2. The molecule has 2 aliphatic heterocycles. The van der Waals surface area contributed by atoms with Crippen LogP contribution in [-0.4, -0.2) is 71.7 Å². The van der Waals surface area contributed by atoms with Crippen molar-refractivity contribution < 1.29 is 22.7 Å². The van der Waals surface area contributed by atoms with Crippen LogP contribution >= 0.6 is 0 Å². The van der Waals surface area contributed by atoms with E-state index < -0.39 is 18.1 Å². The Morgan fingerprint density at radius 1 is 1.34 bits per heavy atom. The van der Waals surface area contributed by atoms with Crippen molar-refractivity contribution in [2.45, 2.75) is 57.9 Å². The zero-order valence-corrected chi connectivity index (χ0v) is 17.1. The van der Waals surface area contributed by atoms with Gasteiger partial charge < -0.3 is 15.4 Å². The van der Waals surface area contributed by atoms with Gasteiger partial charge in [-0.1, -0.05) is 13.8 Å². The summed E-state index contributed by atoms with van der Waals surface area (Å²) in [5.74, 6) is -0.186. The third kappa shape index (κ3) is 5.42. The summed E-state index contributed by atoms with van der Waals surface area (Å²) in [6, 6.07) is -0.753. The van der Waals surface area contributed by atoms with E-state index in [1.54, 1.807) is 0 Å². The van der Waals surface area contributed by atoms with E-state index in [2.05, 4.69) is 20.6 Å². The number of hydrogen-bond donors (Lipinski definition) is 2. The molecule has 0 spiro atoms. The average molecular weight is 417 g/mol. The van der Waals surface area contributed by atoms with E-state index in [9.17, 15) is 18.0 Å². The topological polar surface area (TPSA) is 71.4 Å². The standard InChI is InChI=1S/C19H30F3N5O2/c1-12(2)14-10-16(19(20,21)22)27-17(24-14)11-15(25-27)18(28)23-13(3)4-5-26-6-8-29-9-7-26/h11-14,16,24H,4-10H2,1-3H3,(H,23,28)/t13-,14+,16-/m1/s1. The third-order valence-corrected chi connectivity index (χ3v) is 5.62. The molecule has 3 atom stereocenters. The van der Waals surface area contributed by atoms with Gasteiger partial charge >= 0.3 is 6.18 Å². The van der Waals surface area contributed by atoms with Crippen LogP contribution in [-0.2, 0) is 4.74 Å². The van der Waals surface area contributed by atoms with Gasteiger partial charge in [-0.3, -0.25) is 9.69 Å². The summed E-state index contributed by atoms with van der Waals surface area (Å²) >= 11 is 0. The second-order valence-electron chi connectivity index (χ2n) is 8.26. The predicted octanol–water partition coefficient (Wildman–Crippen LogP) is 2.67. The molecule has 1 saturated heterocycles. The third-order valence-electron chi connectivity index (χ3n) is 5.62. The second-order valence-corrected chi connectivity index (χ2v) is 8.26. The molecule has 1 aromatic rings. The van der Waals surface area contributed by atoms with Crippen LogP contribution in [0.1, 0.15) is 50.1 Å². The Morgan fingerprint density at radius 3 is 2.66 bits per heavy atom. The normalized spacial score (nSPS) is 24.1.